The minimum Gasteiger partial charge on any atom is -0.508 e. The summed E-state index contributed by atoms with van der Waals surface area (Å²) in [6.45, 7) is 4.40. The molecule has 0 bridgehead atoms. The first kappa shape index (κ1) is 24.7. The highest BCUT2D eigenvalue weighted by Gasteiger charge is 2.37. The van der Waals surface area contributed by atoms with Crippen molar-refractivity contribution in [2.24, 2.45) is 0 Å². The molecule has 0 radical (unpaired) electrons. The van der Waals surface area contributed by atoms with Gasteiger partial charge in [-0.25, -0.2) is 4.98 Å². The summed E-state index contributed by atoms with van der Waals surface area (Å²) in [5.74, 6) is -0.0136. The Morgan fingerprint density at radius 1 is 0.925 bits per heavy atom. The number of rotatable bonds is 5. The molecule has 1 fully saturated rings. The van der Waals surface area contributed by atoms with E-state index in [0.29, 0.717) is 22.7 Å². The Balaban J connectivity index is 1.24. The third kappa shape index (κ3) is 4.37. The molecule has 40 heavy (non-hydrogen) atoms. The van der Waals surface area contributed by atoms with Crippen LogP contribution >= 0.6 is 11.6 Å². The molecule has 4 heterocycles. The number of carbonyl (C=O) groups excluding carboxylic acids is 1. The number of fused-ring (bicyclic) bond motifs is 2. The maximum atomic E-state index is 14.0. The Kier molecular flexibility index (Phi) is 6.18. The Morgan fingerprint density at radius 2 is 1.73 bits per heavy atom. The van der Waals surface area contributed by atoms with E-state index in [1.54, 1.807) is 29.3 Å². The van der Waals surface area contributed by atoms with Crippen LogP contribution in [0, 0.1) is 0 Å². The van der Waals surface area contributed by atoms with Gasteiger partial charge in [-0.1, -0.05) is 35.9 Å². The fraction of sp³-hybridized carbons (Fsp3) is 0.188. The number of phenolic OH excluding ortho intramolecular Hbond substituents is 1. The standard InChI is InChI=1S/C32H28ClN5O2/c33-24-7-10-29(39)27(18-24)30(28-17-22-2-1-11-35-31(22)36-28)38-19-23-4-3-21(16-26(23)32(38)40)20-5-8-25(9-6-20)37-14-12-34-13-15-37/h1-11,16-18,30,34,39H,12-15,19H2,(H,35,36)/t30-/m1/s1. The average Bonchev–Trinajstić information content (AvgIpc) is 3.56. The van der Waals surface area contributed by atoms with Gasteiger partial charge in [0.05, 0.1) is 0 Å². The van der Waals surface area contributed by atoms with Crippen LogP contribution in [0.2, 0.25) is 5.02 Å². The van der Waals surface area contributed by atoms with Gasteiger partial charge in [-0.15, -0.1) is 0 Å². The summed E-state index contributed by atoms with van der Waals surface area (Å²) in [5, 5.41) is 15.7. The number of pyridine rings is 1. The van der Waals surface area contributed by atoms with Gasteiger partial charge in [-0.2, -0.15) is 0 Å². The summed E-state index contributed by atoms with van der Waals surface area (Å²) >= 11 is 6.37. The molecule has 8 heteroatoms. The number of piperazine rings is 1. The van der Waals surface area contributed by atoms with Crippen LogP contribution in [-0.4, -0.2) is 52.1 Å². The maximum Gasteiger partial charge on any atom is 0.255 e. The third-order valence-corrected chi connectivity index (χ3v) is 8.16. The summed E-state index contributed by atoms with van der Waals surface area (Å²) in [7, 11) is 0. The number of aromatic hydroxyl groups is 1. The number of amides is 1. The molecule has 2 aromatic heterocycles. The van der Waals surface area contributed by atoms with E-state index in [1.165, 1.54) is 5.69 Å². The van der Waals surface area contributed by atoms with Gasteiger partial charge in [-0.3, -0.25) is 4.79 Å². The molecule has 5 aromatic rings. The first-order chi connectivity index (χ1) is 19.5. The van der Waals surface area contributed by atoms with E-state index in [0.717, 1.165) is 59.6 Å². The van der Waals surface area contributed by atoms with E-state index in [1.807, 2.05) is 30.3 Å². The molecule has 7 nitrogen and oxygen atoms in total. The quantitative estimate of drug-likeness (QED) is 0.260. The Bertz CT molecular complexity index is 1690. The first-order valence-electron chi connectivity index (χ1n) is 13.5. The molecule has 0 aliphatic carbocycles. The normalized spacial score (nSPS) is 16.0. The number of phenols is 1. The summed E-state index contributed by atoms with van der Waals surface area (Å²) < 4.78 is 0. The minimum absolute atomic E-state index is 0.0787. The fourth-order valence-corrected chi connectivity index (χ4v) is 6.05. The van der Waals surface area contributed by atoms with Crippen molar-refractivity contribution in [1.82, 2.24) is 20.2 Å². The number of H-pyrrole nitrogens is 1. The largest absolute Gasteiger partial charge is 0.508 e. The van der Waals surface area contributed by atoms with Gasteiger partial charge in [0.15, 0.2) is 0 Å². The van der Waals surface area contributed by atoms with Crippen LogP contribution in [0.1, 0.15) is 33.2 Å². The number of hydrogen-bond acceptors (Lipinski definition) is 5. The van der Waals surface area contributed by atoms with Crippen LogP contribution in [0.25, 0.3) is 22.2 Å². The molecule has 1 amide bonds. The molecule has 3 N–H and O–H groups in total. The first-order valence-corrected chi connectivity index (χ1v) is 13.8. The van der Waals surface area contributed by atoms with Crippen molar-refractivity contribution in [2.75, 3.05) is 31.1 Å². The molecular weight excluding hydrogens is 522 g/mol. The summed E-state index contributed by atoms with van der Waals surface area (Å²) in [6, 6.07) is 24.9. The Labute approximate surface area is 237 Å². The van der Waals surface area contributed by atoms with E-state index in [9.17, 15) is 9.90 Å². The molecule has 200 valence electrons. The second-order valence-corrected chi connectivity index (χ2v) is 10.8. The van der Waals surface area contributed by atoms with E-state index < -0.39 is 6.04 Å². The van der Waals surface area contributed by atoms with Gasteiger partial charge in [0, 0.05) is 71.8 Å². The van der Waals surface area contributed by atoms with Crippen LogP contribution in [0.15, 0.2) is 85.1 Å². The second kappa shape index (κ2) is 10.0. The van der Waals surface area contributed by atoms with Crippen molar-refractivity contribution in [3.05, 3.63) is 112 Å². The number of nitrogens with one attached hydrogen (secondary N) is 2. The highest BCUT2D eigenvalue weighted by molar-refractivity contribution is 6.30. The average molecular weight is 550 g/mol. The van der Waals surface area contributed by atoms with Crippen LogP contribution in [-0.2, 0) is 6.54 Å². The molecule has 0 saturated carbocycles. The van der Waals surface area contributed by atoms with Crippen molar-refractivity contribution in [3.63, 3.8) is 0 Å². The van der Waals surface area contributed by atoms with Crippen LogP contribution in [0.5, 0.6) is 5.75 Å². The minimum atomic E-state index is -0.574. The molecule has 2 aliphatic heterocycles. The van der Waals surface area contributed by atoms with Gasteiger partial charge in [0.2, 0.25) is 0 Å². The third-order valence-electron chi connectivity index (χ3n) is 7.93. The van der Waals surface area contributed by atoms with Gasteiger partial charge < -0.3 is 25.2 Å². The Hall–Kier alpha value is -4.33. The monoisotopic (exact) mass is 549 g/mol. The van der Waals surface area contributed by atoms with Crippen molar-refractivity contribution in [2.45, 2.75) is 12.6 Å². The van der Waals surface area contributed by atoms with Crippen molar-refractivity contribution in [3.8, 4) is 16.9 Å². The van der Waals surface area contributed by atoms with E-state index in [2.05, 4.69) is 50.5 Å². The van der Waals surface area contributed by atoms with E-state index in [-0.39, 0.29) is 11.7 Å². The lowest BCUT2D eigenvalue weighted by Crippen LogP contribution is -2.43. The van der Waals surface area contributed by atoms with Crippen LogP contribution < -0.4 is 10.2 Å². The zero-order valence-electron chi connectivity index (χ0n) is 21.8. The SMILES string of the molecule is O=C1c2cc(-c3ccc(N4CCNCC4)cc3)ccc2CN1[C@@H](c1cc2cccnc2[nH]1)c1cc(Cl)ccc1O. The number of nitrogens with zero attached hydrogens (tertiary/aromatic N) is 3. The lowest BCUT2D eigenvalue weighted by Gasteiger charge is -2.29. The Morgan fingerprint density at radius 3 is 2.52 bits per heavy atom. The zero-order valence-corrected chi connectivity index (χ0v) is 22.5. The van der Waals surface area contributed by atoms with Crippen LogP contribution in [0.3, 0.4) is 0 Å². The maximum absolute atomic E-state index is 14.0. The van der Waals surface area contributed by atoms with Crippen molar-refractivity contribution < 1.29 is 9.90 Å². The lowest BCUT2D eigenvalue weighted by atomic mass is 10.00. The number of carbonyl (C=O) groups is 1. The fourth-order valence-electron chi connectivity index (χ4n) is 5.87. The van der Waals surface area contributed by atoms with Crippen molar-refractivity contribution >= 4 is 34.2 Å². The summed E-state index contributed by atoms with van der Waals surface area (Å²) in [5.41, 5.74) is 6.94. The second-order valence-electron chi connectivity index (χ2n) is 10.4. The number of benzene rings is 3. The van der Waals surface area contributed by atoms with E-state index in [4.69, 9.17) is 11.6 Å². The highest BCUT2D eigenvalue weighted by atomic mass is 35.5. The summed E-state index contributed by atoms with van der Waals surface area (Å²) in [6.07, 6.45) is 1.73. The van der Waals surface area contributed by atoms with E-state index >= 15 is 0 Å². The van der Waals surface area contributed by atoms with Crippen LogP contribution in [0.4, 0.5) is 5.69 Å². The molecule has 0 unspecified atom stereocenters. The lowest BCUT2D eigenvalue weighted by molar-refractivity contribution is 0.0727. The zero-order chi connectivity index (χ0) is 27.2. The topological polar surface area (TPSA) is 84.5 Å². The highest BCUT2D eigenvalue weighted by Crippen LogP contribution is 2.41. The number of hydrogen-bond donors (Lipinski definition) is 3. The number of aromatic nitrogens is 2. The number of halogens is 1. The van der Waals surface area contributed by atoms with Gasteiger partial charge >= 0.3 is 0 Å². The number of anilines is 1. The molecule has 0 spiro atoms. The smallest absolute Gasteiger partial charge is 0.255 e. The molecule has 2 aliphatic rings. The predicted molar refractivity (Wildman–Crippen MR) is 158 cm³/mol. The van der Waals surface area contributed by atoms with Gasteiger partial charge in [0.25, 0.3) is 5.91 Å². The van der Waals surface area contributed by atoms with Gasteiger partial charge in [-0.05, 0) is 71.3 Å². The number of aromatic amines is 1. The predicted octanol–water partition coefficient (Wildman–Crippen LogP) is 5.74. The molecule has 1 atom stereocenters. The van der Waals surface area contributed by atoms with Crippen molar-refractivity contribution in [1.29, 1.82) is 0 Å². The molecule has 7 rings (SSSR count). The molecule has 1 saturated heterocycles. The van der Waals surface area contributed by atoms with Gasteiger partial charge in [0.1, 0.15) is 17.4 Å². The summed E-state index contributed by atoms with van der Waals surface area (Å²) in [4.78, 5) is 26.0. The molecular formula is C32H28ClN5O2. The molecule has 3 aromatic carbocycles.